The van der Waals surface area contributed by atoms with Crippen molar-refractivity contribution in [1.29, 1.82) is 0 Å². The summed E-state index contributed by atoms with van der Waals surface area (Å²) >= 11 is 0. The van der Waals surface area contributed by atoms with Crippen LogP contribution in [0.1, 0.15) is 6.42 Å². The lowest BCUT2D eigenvalue weighted by molar-refractivity contribution is -0.133. The molecule has 1 amide bonds. The second kappa shape index (κ2) is 4.14. The molecule has 15 heavy (non-hydrogen) atoms. The highest BCUT2D eigenvalue weighted by molar-refractivity contribution is 5.85. The molecule has 0 aromatic carbocycles. The molecule has 2 fully saturated rings. The number of amides is 1. The van der Waals surface area contributed by atoms with Crippen molar-refractivity contribution < 1.29 is 4.79 Å². The van der Waals surface area contributed by atoms with Crippen molar-refractivity contribution in [2.24, 2.45) is 17.8 Å². The number of piperidine rings is 1. The lowest BCUT2D eigenvalue weighted by atomic mass is 10.2. The van der Waals surface area contributed by atoms with E-state index in [-0.39, 0.29) is 12.4 Å². The smallest absolute Gasteiger partial charge is 0.226 e. The molecule has 3 atom stereocenters. The van der Waals surface area contributed by atoms with E-state index in [4.69, 9.17) is 0 Å². The van der Waals surface area contributed by atoms with E-state index in [0.29, 0.717) is 23.7 Å². The third-order valence-corrected chi connectivity index (χ3v) is 3.75. The van der Waals surface area contributed by atoms with Gasteiger partial charge in [-0.3, -0.25) is 4.79 Å². The van der Waals surface area contributed by atoms with E-state index >= 15 is 0 Å². The van der Waals surface area contributed by atoms with Gasteiger partial charge in [-0.25, -0.2) is 0 Å². The van der Waals surface area contributed by atoms with Crippen LogP contribution in [0, 0.1) is 17.8 Å². The Morgan fingerprint density at radius 2 is 2.00 bits per heavy atom. The van der Waals surface area contributed by atoms with Gasteiger partial charge in [0.25, 0.3) is 0 Å². The zero-order valence-corrected chi connectivity index (χ0v) is 9.50. The van der Waals surface area contributed by atoms with Crippen LogP contribution in [0.3, 0.4) is 0 Å². The van der Waals surface area contributed by atoms with Gasteiger partial charge in [0.05, 0.1) is 0 Å². The number of carbonyl (C=O) groups excluding carboxylic acids is 1. The fourth-order valence-corrected chi connectivity index (χ4v) is 2.84. The first-order valence-corrected chi connectivity index (χ1v) is 5.52. The standard InChI is InChI=1S/C11H16N2O.ClH/c14-11(13-4-2-1-3-5-13)10-8-6-12-7-9(8)10;/h1-2,8-10,12H,3-7H2;1H/t8-,9+,10?;. The van der Waals surface area contributed by atoms with E-state index in [9.17, 15) is 4.79 Å². The number of nitrogens with zero attached hydrogens (tertiary/aromatic N) is 1. The normalized spacial score (nSPS) is 37.1. The summed E-state index contributed by atoms with van der Waals surface area (Å²) in [4.78, 5) is 14.1. The molecule has 4 heteroatoms. The molecule has 0 bridgehead atoms. The molecule has 0 spiro atoms. The third kappa shape index (κ3) is 1.79. The SMILES string of the molecule is Cl.O=C(C1[C@H]2CNC[C@@H]12)N1CC=CCC1. The van der Waals surface area contributed by atoms with Crippen LogP contribution in [0.5, 0.6) is 0 Å². The second-order valence-corrected chi connectivity index (χ2v) is 4.56. The number of carbonyl (C=O) groups is 1. The van der Waals surface area contributed by atoms with E-state index in [2.05, 4.69) is 17.5 Å². The van der Waals surface area contributed by atoms with Crippen molar-refractivity contribution in [3.8, 4) is 0 Å². The van der Waals surface area contributed by atoms with Crippen LogP contribution < -0.4 is 5.32 Å². The number of halogens is 1. The van der Waals surface area contributed by atoms with Crippen molar-refractivity contribution >= 4 is 18.3 Å². The first-order chi connectivity index (χ1) is 6.88. The van der Waals surface area contributed by atoms with Crippen molar-refractivity contribution in [3.05, 3.63) is 12.2 Å². The number of hydrogen-bond acceptors (Lipinski definition) is 2. The van der Waals surface area contributed by atoms with E-state index in [1.165, 1.54) is 0 Å². The predicted molar refractivity (Wildman–Crippen MR) is 60.9 cm³/mol. The Kier molecular flexibility index (Phi) is 3.03. The summed E-state index contributed by atoms with van der Waals surface area (Å²) in [6.45, 7) is 3.89. The topological polar surface area (TPSA) is 32.3 Å². The second-order valence-electron chi connectivity index (χ2n) is 4.56. The first kappa shape index (κ1) is 11.0. The molecule has 84 valence electrons. The number of hydrogen-bond donors (Lipinski definition) is 1. The van der Waals surface area contributed by atoms with Gasteiger partial charge in [0.15, 0.2) is 0 Å². The van der Waals surface area contributed by atoms with E-state index in [1.807, 2.05) is 4.90 Å². The number of rotatable bonds is 1. The van der Waals surface area contributed by atoms with Gasteiger partial charge in [0.1, 0.15) is 0 Å². The molecule has 3 rings (SSSR count). The largest absolute Gasteiger partial charge is 0.338 e. The highest BCUT2D eigenvalue weighted by Crippen LogP contribution is 2.49. The van der Waals surface area contributed by atoms with Crippen LogP contribution in [-0.4, -0.2) is 37.0 Å². The molecule has 3 nitrogen and oxygen atoms in total. The molecule has 1 unspecified atom stereocenters. The molecule has 0 aromatic heterocycles. The summed E-state index contributed by atoms with van der Waals surface area (Å²) in [7, 11) is 0. The molecular formula is C11H17ClN2O. The minimum Gasteiger partial charge on any atom is -0.338 e. The molecule has 1 aliphatic carbocycles. The summed E-state index contributed by atoms with van der Waals surface area (Å²) in [5.41, 5.74) is 0. The van der Waals surface area contributed by atoms with Gasteiger partial charge in [0.2, 0.25) is 5.91 Å². The molecular weight excluding hydrogens is 212 g/mol. The monoisotopic (exact) mass is 228 g/mol. The maximum Gasteiger partial charge on any atom is 0.226 e. The fraction of sp³-hybridized carbons (Fsp3) is 0.727. The van der Waals surface area contributed by atoms with E-state index in [1.54, 1.807) is 0 Å². The zero-order valence-electron chi connectivity index (χ0n) is 8.69. The molecule has 0 aromatic rings. The molecule has 0 radical (unpaired) electrons. The molecule has 1 saturated carbocycles. The van der Waals surface area contributed by atoms with Gasteiger partial charge in [-0.1, -0.05) is 12.2 Å². The van der Waals surface area contributed by atoms with Crippen molar-refractivity contribution in [1.82, 2.24) is 10.2 Å². The Morgan fingerprint density at radius 3 is 2.60 bits per heavy atom. The van der Waals surface area contributed by atoms with Gasteiger partial charge < -0.3 is 10.2 Å². The average molecular weight is 229 g/mol. The maximum absolute atomic E-state index is 12.0. The van der Waals surface area contributed by atoms with Crippen LogP contribution in [0.4, 0.5) is 0 Å². The summed E-state index contributed by atoms with van der Waals surface area (Å²) in [5, 5.41) is 3.32. The van der Waals surface area contributed by atoms with Crippen LogP contribution in [-0.2, 0) is 4.79 Å². The summed E-state index contributed by atoms with van der Waals surface area (Å²) in [6.07, 6.45) is 5.31. The van der Waals surface area contributed by atoms with Crippen LogP contribution in [0.25, 0.3) is 0 Å². The highest BCUT2D eigenvalue weighted by atomic mass is 35.5. The Balaban J connectivity index is 0.000000853. The highest BCUT2D eigenvalue weighted by Gasteiger charge is 2.57. The van der Waals surface area contributed by atoms with Crippen molar-refractivity contribution in [2.75, 3.05) is 26.2 Å². The molecule has 2 heterocycles. The predicted octanol–water partition coefficient (Wildman–Crippen LogP) is 0.662. The maximum atomic E-state index is 12.0. The van der Waals surface area contributed by atoms with Gasteiger partial charge in [-0.2, -0.15) is 0 Å². The molecule has 1 saturated heterocycles. The summed E-state index contributed by atoms with van der Waals surface area (Å²) < 4.78 is 0. The van der Waals surface area contributed by atoms with Gasteiger partial charge in [-0.05, 0) is 31.3 Å². The van der Waals surface area contributed by atoms with Crippen LogP contribution >= 0.6 is 12.4 Å². The number of nitrogens with one attached hydrogen (secondary N) is 1. The fourth-order valence-electron chi connectivity index (χ4n) is 2.84. The minimum atomic E-state index is 0. The van der Waals surface area contributed by atoms with E-state index in [0.717, 1.165) is 32.6 Å². The average Bonchev–Trinajstić information content (AvgIpc) is 2.72. The third-order valence-electron chi connectivity index (χ3n) is 3.75. The number of fused-ring (bicyclic) bond motifs is 1. The molecule has 2 aliphatic heterocycles. The van der Waals surface area contributed by atoms with Crippen LogP contribution in [0.15, 0.2) is 12.2 Å². The zero-order chi connectivity index (χ0) is 9.54. The van der Waals surface area contributed by atoms with E-state index < -0.39 is 0 Å². The van der Waals surface area contributed by atoms with Crippen LogP contribution in [0.2, 0.25) is 0 Å². The Bertz CT molecular complexity index is 282. The Hall–Kier alpha value is -0.540. The lowest BCUT2D eigenvalue weighted by Crippen LogP contribution is -2.37. The van der Waals surface area contributed by atoms with Gasteiger partial charge in [-0.15, -0.1) is 12.4 Å². The lowest BCUT2D eigenvalue weighted by Gasteiger charge is -2.24. The van der Waals surface area contributed by atoms with Gasteiger partial charge >= 0.3 is 0 Å². The molecule has 3 aliphatic rings. The molecule has 1 N–H and O–H groups in total. The Labute approximate surface area is 96.3 Å². The summed E-state index contributed by atoms with van der Waals surface area (Å²) in [5.74, 6) is 2.09. The van der Waals surface area contributed by atoms with Crippen molar-refractivity contribution in [3.63, 3.8) is 0 Å². The summed E-state index contributed by atoms with van der Waals surface area (Å²) in [6, 6.07) is 0. The minimum absolute atomic E-state index is 0. The van der Waals surface area contributed by atoms with Crippen molar-refractivity contribution in [2.45, 2.75) is 6.42 Å². The first-order valence-electron chi connectivity index (χ1n) is 5.52. The van der Waals surface area contributed by atoms with Gasteiger partial charge in [0, 0.05) is 19.0 Å². The Morgan fingerprint density at radius 1 is 1.27 bits per heavy atom. The quantitative estimate of drug-likeness (QED) is 0.669.